The van der Waals surface area contributed by atoms with Gasteiger partial charge in [0.1, 0.15) is 18.1 Å². The number of nitrogens with zero attached hydrogens (tertiary/aromatic N) is 2. The molecule has 2 aromatic carbocycles. The fourth-order valence-electron chi connectivity index (χ4n) is 4.85. The summed E-state index contributed by atoms with van der Waals surface area (Å²) in [5, 5.41) is 2.80. The molecule has 1 amide bonds. The van der Waals surface area contributed by atoms with E-state index in [9.17, 15) is 21.6 Å². The first-order valence-corrected chi connectivity index (χ1v) is 16.3. The molecule has 0 aliphatic carbocycles. The fraction of sp³-hybridized carbons (Fsp3) is 0.519. The van der Waals surface area contributed by atoms with Gasteiger partial charge in [-0.1, -0.05) is 6.42 Å². The van der Waals surface area contributed by atoms with Crippen LogP contribution in [0.1, 0.15) is 44.1 Å². The fourth-order valence-corrected chi connectivity index (χ4v) is 7.93. The summed E-state index contributed by atoms with van der Waals surface area (Å²) in [4.78, 5) is 12.9. The highest BCUT2D eigenvalue weighted by Crippen LogP contribution is 2.27. The van der Waals surface area contributed by atoms with E-state index in [4.69, 9.17) is 9.47 Å². The molecule has 1 N–H and O–H groups in total. The summed E-state index contributed by atoms with van der Waals surface area (Å²) in [6.07, 6.45) is 5.00. The maximum absolute atomic E-state index is 13.1. The summed E-state index contributed by atoms with van der Waals surface area (Å²) >= 11 is 0. The van der Waals surface area contributed by atoms with Crippen LogP contribution >= 0.6 is 0 Å². The first-order chi connectivity index (χ1) is 18.7. The van der Waals surface area contributed by atoms with Gasteiger partial charge in [-0.25, -0.2) is 16.8 Å². The van der Waals surface area contributed by atoms with E-state index in [1.807, 2.05) is 0 Å². The molecule has 2 aliphatic heterocycles. The van der Waals surface area contributed by atoms with Crippen molar-refractivity contribution < 1.29 is 31.1 Å². The number of methoxy groups -OCH3 is 1. The first-order valence-electron chi connectivity index (χ1n) is 13.4. The van der Waals surface area contributed by atoms with Crippen molar-refractivity contribution in [2.75, 3.05) is 46.4 Å². The van der Waals surface area contributed by atoms with Crippen LogP contribution in [0.15, 0.2) is 52.3 Å². The molecule has 2 aromatic rings. The Balaban J connectivity index is 1.25. The molecular weight excluding hydrogens is 542 g/mol. The van der Waals surface area contributed by atoms with E-state index < -0.39 is 20.0 Å². The lowest BCUT2D eigenvalue weighted by Gasteiger charge is -2.26. The van der Waals surface area contributed by atoms with Crippen LogP contribution in [0.2, 0.25) is 0 Å². The molecular formula is C27H37N3O7S2. The second-order valence-electron chi connectivity index (χ2n) is 9.72. The second kappa shape index (κ2) is 13.1. The molecule has 0 unspecified atom stereocenters. The zero-order valence-electron chi connectivity index (χ0n) is 22.3. The Kier molecular flexibility index (Phi) is 9.86. The lowest BCUT2D eigenvalue weighted by Crippen LogP contribution is -2.35. The van der Waals surface area contributed by atoms with Crippen molar-refractivity contribution in [3.63, 3.8) is 0 Å². The number of nitrogens with one attached hydrogen (secondary N) is 1. The number of hydrogen-bond acceptors (Lipinski definition) is 7. The third kappa shape index (κ3) is 7.30. The van der Waals surface area contributed by atoms with E-state index in [1.165, 1.54) is 27.9 Å². The SMILES string of the molecule is COc1ccc(S(=O)(=O)N2CCCCC2)cc1CCC(=O)NCCOc1ccc(S(=O)(=O)N2CCCC2)cc1. The Morgan fingerprint density at radius 3 is 2.00 bits per heavy atom. The number of carbonyl (C=O) groups is 1. The van der Waals surface area contributed by atoms with E-state index in [0.717, 1.165) is 32.1 Å². The van der Waals surface area contributed by atoms with Crippen molar-refractivity contribution in [1.82, 2.24) is 13.9 Å². The Morgan fingerprint density at radius 1 is 0.821 bits per heavy atom. The van der Waals surface area contributed by atoms with Gasteiger partial charge in [0, 0.05) is 32.6 Å². The standard InChI is InChI=1S/C27H37N3O7S2/c1-36-26-13-12-25(39(34,35)30-16-3-2-4-17-30)21-22(26)7-14-27(31)28-15-20-37-23-8-10-24(11-9-23)38(32,33)29-18-5-6-19-29/h8-13,21H,2-7,14-20H2,1H3,(H,28,31). The van der Waals surface area contributed by atoms with E-state index in [1.54, 1.807) is 30.3 Å². The minimum atomic E-state index is -3.58. The number of benzene rings is 2. The molecule has 2 fully saturated rings. The molecule has 10 nitrogen and oxygen atoms in total. The summed E-state index contributed by atoms with van der Waals surface area (Å²) in [6, 6.07) is 11.1. The van der Waals surface area contributed by atoms with E-state index in [-0.39, 0.29) is 35.3 Å². The summed E-state index contributed by atoms with van der Waals surface area (Å²) in [5.41, 5.74) is 0.658. The van der Waals surface area contributed by atoms with Gasteiger partial charge in [-0.2, -0.15) is 8.61 Å². The minimum Gasteiger partial charge on any atom is -0.496 e. The van der Waals surface area contributed by atoms with Crippen molar-refractivity contribution in [2.24, 2.45) is 0 Å². The normalized spacial score (nSPS) is 17.2. The summed E-state index contributed by atoms with van der Waals surface area (Å²) in [5.74, 6) is 0.858. The van der Waals surface area contributed by atoms with Crippen LogP contribution in [-0.4, -0.2) is 77.8 Å². The van der Waals surface area contributed by atoms with Gasteiger partial charge in [-0.3, -0.25) is 4.79 Å². The highest BCUT2D eigenvalue weighted by molar-refractivity contribution is 7.89. The summed E-state index contributed by atoms with van der Waals surface area (Å²) < 4.78 is 65.4. The quantitative estimate of drug-likeness (QED) is 0.384. The number of ether oxygens (including phenoxy) is 2. The van der Waals surface area contributed by atoms with Crippen molar-refractivity contribution in [2.45, 2.75) is 54.7 Å². The summed E-state index contributed by atoms with van der Waals surface area (Å²) in [6.45, 7) is 2.64. The largest absolute Gasteiger partial charge is 0.496 e. The predicted octanol–water partition coefficient (Wildman–Crippen LogP) is 2.78. The molecule has 2 heterocycles. The lowest BCUT2D eigenvalue weighted by molar-refractivity contribution is -0.121. The number of hydrogen-bond donors (Lipinski definition) is 1. The highest BCUT2D eigenvalue weighted by atomic mass is 32.2. The molecule has 39 heavy (non-hydrogen) atoms. The number of sulfonamides is 2. The van der Waals surface area contributed by atoms with E-state index >= 15 is 0 Å². The molecule has 0 bridgehead atoms. The smallest absolute Gasteiger partial charge is 0.243 e. The zero-order chi connectivity index (χ0) is 27.9. The Bertz CT molecular complexity index is 1330. The van der Waals surface area contributed by atoms with Gasteiger partial charge < -0.3 is 14.8 Å². The molecule has 2 aliphatic rings. The van der Waals surface area contributed by atoms with Crippen LogP contribution < -0.4 is 14.8 Å². The van der Waals surface area contributed by atoms with Crippen LogP contribution in [-0.2, 0) is 31.3 Å². The third-order valence-electron chi connectivity index (χ3n) is 7.05. The zero-order valence-corrected chi connectivity index (χ0v) is 23.9. The van der Waals surface area contributed by atoms with Crippen LogP contribution in [0, 0.1) is 0 Å². The van der Waals surface area contributed by atoms with Gasteiger partial charge in [0.05, 0.1) is 23.4 Å². The summed E-state index contributed by atoms with van der Waals surface area (Å²) in [7, 11) is -5.53. The van der Waals surface area contributed by atoms with Crippen molar-refractivity contribution in [3.8, 4) is 11.5 Å². The van der Waals surface area contributed by atoms with E-state index in [2.05, 4.69) is 5.32 Å². The molecule has 0 atom stereocenters. The second-order valence-corrected chi connectivity index (χ2v) is 13.6. The highest BCUT2D eigenvalue weighted by Gasteiger charge is 2.28. The maximum atomic E-state index is 13.1. The molecule has 0 aromatic heterocycles. The molecule has 2 saturated heterocycles. The van der Waals surface area contributed by atoms with Crippen molar-refractivity contribution in [3.05, 3.63) is 48.0 Å². The molecule has 0 radical (unpaired) electrons. The topological polar surface area (TPSA) is 122 Å². The molecule has 0 saturated carbocycles. The number of rotatable bonds is 12. The minimum absolute atomic E-state index is 0.159. The Labute approximate surface area is 231 Å². The Morgan fingerprint density at radius 2 is 1.38 bits per heavy atom. The average Bonchev–Trinajstić information content (AvgIpc) is 3.51. The van der Waals surface area contributed by atoms with Gasteiger partial charge in [-0.15, -0.1) is 0 Å². The molecule has 214 valence electrons. The predicted molar refractivity (Wildman–Crippen MR) is 147 cm³/mol. The Hall–Kier alpha value is -2.67. The van der Waals surface area contributed by atoms with Crippen LogP contribution in [0.25, 0.3) is 0 Å². The molecule has 12 heteroatoms. The van der Waals surface area contributed by atoms with Crippen LogP contribution in [0.5, 0.6) is 11.5 Å². The molecule has 4 rings (SSSR count). The van der Waals surface area contributed by atoms with Crippen LogP contribution in [0.3, 0.4) is 0 Å². The maximum Gasteiger partial charge on any atom is 0.243 e. The monoisotopic (exact) mass is 579 g/mol. The van der Waals surface area contributed by atoms with Gasteiger partial charge in [0.15, 0.2) is 0 Å². The van der Waals surface area contributed by atoms with Crippen LogP contribution in [0.4, 0.5) is 0 Å². The number of aryl methyl sites for hydroxylation is 1. The van der Waals surface area contributed by atoms with Gasteiger partial charge >= 0.3 is 0 Å². The lowest BCUT2D eigenvalue weighted by atomic mass is 10.1. The number of piperidine rings is 1. The molecule has 0 spiro atoms. The number of carbonyl (C=O) groups excluding carboxylic acids is 1. The number of amides is 1. The van der Waals surface area contributed by atoms with Gasteiger partial charge in [0.25, 0.3) is 0 Å². The first kappa shape index (κ1) is 29.3. The third-order valence-corrected chi connectivity index (χ3v) is 10.9. The average molecular weight is 580 g/mol. The van der Waals surface area contributed by atoms with Crippen molar-refractivity contribution >= 4 is 26.0 Å². The van der Waals surface area contributed by atoms with Crippen molar-refractivity contribution in [1.29, 1.82) is 0 Å². The van der Waals surface area contributed by atoms with Gasteiger partial charge in [-0.05, 0) is 80.1 Å². The van der Waals surface area contributed by atoms with Gasteiger partial charge in [0.2, 0.25) is 26.0 Å². The van der Waals surface area contributed by atoms with E-state index in [0.29, 0.717) is 49.7 Å².